The van der Waals surface area contributed by atoms with Gasteiger partial charge < -0.3 is 11.1 Å². The van der Waals surface area contributed by atoms with Crippen LogP contribution in [0.4, 0.5) is 10.2 Å². The molecule has 94 valence electrons. The summed E-state index contributed by atoms with van der Waals surface area (Å²) in [7, 11) is 0. The van der Waals surface area contributed by atoms with Gasteiger partial charge in [0.2, 0.25) is 0 Å². The normalized spacial score (nSPS) is 12.2. The van der Waals surface area contributed by atoms with Crippen LogP contribution in [0.5, 0.6) is 0 Å². The van der Waals surface area contributed by atoms with E-state index in [1.807, 2.05) is 13.2 Å². The molecule has 1 unspecified atom stereocenters. The lowest BCUT2D eigenvalue weighted by atomic mass is 10.2. The number of amides is 1. The van der Waals surface area contributed by atoms with Crippen LogP contribution in [0.15, 0.2) is 12.3 Å². The minimum Gasteiger partial charge on any atom is -0.383 e. The second-order valence-electron chi connectivity index (χ2n) is 3.74. The van der Waals surface area contributed by atoms with Gasteiger partial charge in [0.15, 0.2) is 0 Å². The number of rotatable bonds is 5. The summed E-state index contributed by atoms with van der Waals surface area (Å²) in [5, 5.41) is 2.76. The van der Waals surface area contributed by atoms with E-state index in [1.54, 1.807) is 11.8 Å². The monoisotopic (exact) mass is 257 g/mol. The molecule has 0 fully saturated rings. The Hall–Kier alpha value is -1.30. The Bertz CT molecular complexity index is 400. The highest BCUT2D eigenvalue weighted by Crippen LogP contribution is 2.10. The maximum Gasteiger partial charge on any atom is 0.255 e. The second kappa shape index (κ2) is 6.44. The van der Waals surface area contributed by atoms with Gasteiger partial charge >= 0.3 is 0 Å². The van der Waals surface area contributed by atoms with Crippen LogP contribution in [0, 0.1) is 5.82 Å². The van der Waals surface area contributed by atoms with Crippen molar-refractivity contribution in [1.29, 1.82) is 0 Å². The van der Waals surface area contributed by atoms with Gasteiger partial charge in [0.05, 0.1) is 11.8 Å². The predicted octanol–water partition coefficient (Wildman–Crippen LogP) is 1.67. The van der Waals surface area contributed by atoms with Crippen LogP contribution >= 0.6 is 11.8 Å². The predicted molar refractivity (Wildman–Crippen MR) is 68.5 cm³/mol. The summed E-state index contributed by atoms with van der Waals surface area (Å²) in [6.07, 6.45) is 3.85. The third-order valence-corrected chi connectivity index (χ3v) is 2.91. The quantitative estimate of drug-likeness (QED) is 0.842. The first kappa shape index (κ1) is 13.8. The van der Waals surface area contributed by atoms with Crippen LogP contribution in [-0.4, -0.2) is 28.9 Å². The largest absolute Gasteiger partial charge is 0.383 e. The fourth-order valence-electron chi connectivity index (χ4n) is 1.30. The van der Waals surface area contributed by atoms with Crippen molar-refractivity contribution in [2.24, 2.45) is 0 Å². The first-order chi connectivity index (χ1) is 8.04. The number of hydrogen-bond acceptors (Lipinski definition) is 4. The number of halogens is 1. The third-order valence-electron chi connectivity index (χ3n) is 2.26. The van der Waals surface area contributed by atoms with Crippen molar-refractivity contribution < 1.29 is 9.18 Å². The van der Waals surface area contributed by atoms with Gasteiger partial charge in [0.25, 0.3) is 5.91 Å². The lowest BCUT2D eigenvalue weighted by Crippen LogP contribution is -2.33. The number of thioether (sulfide) groups is 1. The van der Waals surface area contributed by atoms with E-state index in [1.165, 1.54) is 0 Å². The first-order valence-electron chi connectivity index (χ1n) is 5.25. The van der Waals surface area contributed by atoms with Crippen LogP contribution in [-0.2, 0) is 0 Å². The minimum atomic E-state index is -0.568. The van der Waals surface area contributed by atoms with Crippen LogP contribution in [0.25, 0.3) is 0 Å². The van der Waals surface area contributed by atoms with Crippen molar-refractivity contribution in [3.8, 4) is 0 Å². The number of carbonyl (C=O) groups is 1. The number of nitrogen functional groups attached to an aromatic ring is 1. The molecule has 1 rings (SSSR count). The average molecular weight is 257 g/mol. The van der Waals surface area contributed by atoms with Gasteiger partial charge in [-0.15, -0.1) is 0 Å². The molecule has 0 saturated heterocycles. The van der Waals surface area contributed by atoms with Gasteiger partial charge in [-0.2, -0.15) is 11.8 Å². The van der Waals surface area contributed by atoms with E-state index in [4.69, 9.17) is 5.73 Å². The van der Waals surface area contributed by atoms with E-state index in [0.29, 0.717) is 0 Å². The molecule has 0 spiro atoms. The Kier molecular flexibility index (Phi) is 5.21. The van der Waals surface area contributed by atoms with Gasteiger partial charge in [0, 0.05) is 6.04 Å². The molecule has 0 aliphatic heterocycles. The standard InChI is InChI=1S/C11H16FN3OS/c1-7(3-4-17-2)15-11(16)9-5-8(12)6-14-10(9)13/h5-7H,3-4H2,1-2H3,(H2,13,14)(H,15,16). The zero-order valence-corrected chi connectivity index (χ0v) is 10.7. The molecule has 1 aromatic rings. The minimum absolute atomic E-state index is 0.0256. The van der Waals surface area contributed by atoms with E-state index in [-0.39, 0.29) is 23.3 Å². The number of carbonyl (C=O) groups excluding carboxylic acids is 1. The topological polar surface area (TPSA) is 68.0 Å². The second-order valence-corrected chi connectivity index (χ2v) is 4.73. The van der Waals surface area contributed by atoms with E-state index in [9.17, 15) is 9.18 Å². The van der Waals surface area contributed by atoms with Crippen molar-refractivity contribution >= 4 is 23.5 Å². The number of pyridine rings is 1. The van der Waals surface area contributed by atoms with Crippen LogP contribution < -0.4 is 11.1 Å². The molecule has 0 aromatic carbocycles. The summed E-state index contributed by atoms with van der Waals surface area (Å²) in [5.41, 5.74) is 5.61. The number of aromatic nitrogens is 1. The van der Waals surface area contributed by atoms with Gasteiger partial charge in [0.1, 0.15) is 11.6 Å². The van der Waals surface area contributed by atoms with E-state index in [0.717, 1.165) is 24.4 Å². The van der Waals surface area contributed by atoms with Gasteiger partial charge in [-0.05, 0) is 31.4 Å². The van der Waals surface area contributed by atoms with E-state index < -0.39 is 5.82 Å². The summed E-state index contributed by atoms with van der Waals surface area (Å²) in [6.45, 7) is 1.90. The van der Waals surface area contributed by atoms with Crippen molar-refractivity contribution in [3.63, 3.8) is 0 Å². The molecule has 0 saturated carbocycles. The lowest BCUT2D eigenvalue weighted by molar-refractivity contribution is 0.0939. The van der Waals surface area contributed by atoms with Gasteiger partial charge in [-0.3, -0.25) is 4.79 Å². The fraction of sp³-hybridized carbons (Fsp3) is 0.455. The van der Waals surface area contributed by atoms with Gasteiger partial charge in [-0.25, -0.2) is 9.37 Å². The van der Waals surface area contributed by atoms with E-state index in [2.05, 4.69) is 10.3 Å². The summed E-state index contributed by atoms with van der Waals surface area (Å²) in [5.74, 6) is 0.0448. The highest BCUT2D eigenvalue weighted by atomic mass is 32.2. The molecule has 4 nitrogen and oxygen atoms in total. The molecule has 0 aliphatic carbocycles. The molecular weight excluding hydrogens is 241 g/mol. The summed E-state index contributed by atoms with van der Waals surface area (Å²) in [4.78, 5) is 15.4. The third kappa shape index (κ3) is 4.22. The average Bonchev–Trinajstić information content (AvgIpc) is 2.29. The Morgan fingerprint density at radius 1 is 1.71 bits per heavy atom. The van der Waals surface area contributed by atoms with Crippen molar-refractivity contribution in [2.75, 3.05) is 17.7 Å². The first-order valence-corrected chi connectivity index (χ1v) is 6.64. The molecule has 0 radical (unpaired) electrons. The number of nitrogens with one attached hydrogen (secondary N) is 1. The zero-order chi connectivity index (χ0) is 12.8. The van der Waals surface area contributed by atoms with Gasteiger partial charge in [-0.1, -0.05) is 0 Å². The highest BCUT2D eigenvalue weighted by molar-refractivity contribution is 7.98. The number of anilines is 1. The van der Waals surface area contributed by atoms with Crippen LogP contribution in [0.2, 0.25) is 0 Å². The summed E-state index contributed by atoms with van der Waals surface area (Å²) >= 11 is 1.71. The Morgan fingerprint density at radius 2 is 2.41 bits per heavy atom. The molecule has 3 N–H and O–H groups in total. The summed E-state index contributed by atoms with van der Waals surface area (Å²) < 4.78 is 12.9. The Morgan fingerprint density at radius 3 is 3.06 bits per heavy atom. The van der Waals surface area contributed by atoms with Crippen molar-refractivity contribution in [1.82, 2.24) is 10.3 Å². The zero-order valence-electron chi connectivity index (χ0n) is 9.87. The molecule has 17 heavy (non-hydrogen) atoms. The SMILES string of the molecule is CSCCC(C)NC(=O)c1cc(F)cnc1N. The molecule has 1 amide bonds. The molecule has 0 bridgehead atoms. The van der Waals surface area contributed by atoms with Crippen LogP contribution in [0.1, 0.15) is 23.7 Å². The molecule has 1 heterocycles. The number of nitrogens with two attached hydrogens (primary N) is 1. The molecule has 0 aliphatic rings. The fourth-order valence-corrected chi connectivity index (χ4v) is 1.89. The molecule has 1 atom stereocenters. The Labute approximate surface area is 104 Å². The number of hydrogen-bond donors (Lipinski definition) is 2. The molecule has 6 heteroatoms. The van der Waals surface area contributed by atoms with Crippen molar-refractivity contribution in [2.45, 2.75) is 19.4 Å². The highest BCUT2D eigenvalue weighted by Gasteiger charge is 2.14. The Balaban J connectivity index is 2.66. The maximum atomic E-state index is 12.9. The molecule has 1 aromatic heterocycles. The lowest BCUT2D eigenvalue weighted by Gasteiger charge is -2.13. The maximum absolute atomic E-state index is 12.9. The smallest absolute Gasteiger partial charge is 0.255 e. The summed E-state index contributed by atoms with van der Waals surface area (Å²) in [6, 6.07) is 1.12. The van der Waals surface area contributed by atoms with Crippen molar-refractivity contribution in [3.05, 3.63) is 23.6 Å². The molecular formula is C11H16FN3OS. The van der Waals surface area contributed by atoms with E-state index >= 15 is 0 Å². The van der Waals surface area contributed by atoms with Crippen LogP contribution in [0.3, 0.4) is 0 Å². The number of nitrogens with zero attached hydrogens (tertiary/aromatic N) is 1.